The summed E-state index contributed by atoms with van der Waals surface area (Å²) in [4.78, 5) is 27.9. The van der Waals surface area contributed by atoms with Gasteiger partial charge in [-0.3, -0.25) is 4.79 Å². The van der Waals surface area contributed by atoms with E-state index in [1.54, 1.807) is 25.2 Å². The minimum atomic E-state index is -0.751. The quantitative estimate of drug-likeness (QED) is 0.494. The minimum absolute atomic E-state index is 0.130. The molecular weight excluding hydrogens is 456 g/mol. The Kier molecular flexibility index (Phi) is 8.24. The second kappa shape index (κ2) is 11.9. The summed E-state index contributed by atoms with van der Waals surface area (Å²) in [6, 6.07) is 24.1. The highest BCUT2D eigenvalue weighted by molar-refractivity contribution is 5.89. The summed E-state index contributed by atoms with van der Waals surface area (Å²) < 4.78 is 16.2. The van der Waals surface area contributed by atoms with Gasteiger partial charge in [-0.05, 0) is 35.3 Å². The van der Waals surface area contributed by atoms with Crippen LogP contribution in [0.3, 0.4) is 0 Å². The molecule has 0 bridgehead atoms. The van der Waals surface area contributed by atoms with E-state index in [4.69, 9.17) is 14.2 Å². The molecule has 3 aromatic rings. The van der Waals surface area contributed by atoms with Crippen LogP contribution in [0.4, 0.5) is 4.79 Å². The monoisotopic (exact) mass is 486 g/mol. The predicted molar refractivity (Wildman–Crippen MR) is 138 cm³/mol. The Balaban J connectivity index is 1.54. The van der Waals surface area contributed by atoms with Crippen LogP contribution in [0, 0.1) is 0 Å². The zero-order valence-corrected chi connectivity index (χ0v) is 20.5. The van der Waals surface area contributed by atoms with Crippen molar-refractivity contribution in [2.45, 2.75) is 25.6 Å². The fourth-order valence-electron chi connectivity index (χ4n) is 4.14. The van der Waals surface area contributed by atoms with E-state index in [1.807, 2.05) is 78.9 Å². The van der Waals surface area contributed by atoms with Gasteiger partial charge in [0.2, 0.25) is 5.91 Å². The zero-order chi connectivity index (χ0) is 25.3. The molecule has 4 rings (SSSR count). The second-order valence-corrected chi connectivity index (χ2v) is 8.46. The molecule has 0 saturated heterocycles. The van der Waals surface area contributed by atoms with Gasteiger partial charge < -0.3 is 24.4 Å². The minimum Gasteiger partial charge on any atom is -0.497 e. The second-order valence-electron chi connectivity index (χ2n) is 8.46. The zero-order valence-electron chi connectivity index (χ0n) is 20.5. The van der Waals surface area contributed by atoms with Crippen LogP contribution in [0.2, 0.25) is 0 Å². The fourth-order valence-corrected chi connectivity index (χ4v) is 4.14. The van der Waals surface area contributed by atoms with E-state index in [9.17, 15) is 9.59 Å². The summed E-state index contributed by atoms with van der Waals surface area (Å²) in [6.45, 7) is 0.841. The molecule has 0 fully saturated rings. The molecule has 0 aromatic heterocycles. The molecule has 0 radical (unpaired) electrons. The molecule has 0 aliphatic carbocycles. The van der Waals surface area contributed by atoms with Gasteiger partial charge in [-0.25, -0.2) is 4.79 Å². The van der Waals surface area contributed by atoms with Gasteiger partial charge in [-0.2, -0.15) is 0 Å². The predicted octanol–water partition coefficient (Wildman–Crippen LogP) is 4.81. The van der Waals surface area contributed by atoms with Crippen LogP contribution in [-0.4, -0.2) is 43.7 Å². The number of nitrogens with one attached hydrogen (secondary N) is 1. The van der Waals surface area contributed by atoms with Crippen LogP contribution in [0.5, 0.6) is 11.5 Å². The van der Waals surface area contributed by atoms with Crippen molar-refractivity contribution < 1.29 is 23.8 Å². The number of rotatable bonds is 8. The highest BCUT2D eigenvalue weighted by Crippen LogP contribution is 2.28. The first-order valence-corrected chi connectivity index (χ1v) is 11.8. The molecule has 0 spiro atoms. The molecule has 1 atom stereocenters. The highest BCUT2D eigenvalue weighted by Gasteiger charge is 2.30. The topological polar surface area (TPSA) is 77.1 Å². The lowest BCUT2D eigenvalue weighted by atomic mass is 10.0. The van der Waals surface area contributed by atoms with E-state index in [0.717, 1.165) is 22.3 Å². The first-order valence-electron chi connectivity index (χ1n) is 11.8. The van der Waals surface area contributed by atoms with E-state index in [0.29, 0.717) is 31.0 Å². The smallest absolute Gasteiger partial charge is 0.408 e. The van der Waals surface area contributed by atoms with Crippen LogP contribution < -0.4 is 14.8 Å². The number of benzene rings is 3. The Morgan fingerprint density at radius 1 is 0.972 bits per heavy atom. The molecule has 1 aliphatic rings. The average Bonchev–Trinajstić information content (AvgIpc) is 3.07. The number of methoxy groups -OCH3 is 2. The maximum absolute atomic E-state index is 13.6. The normalized spacial score (nSPS) is 15.5. The Labute approximate surface area is 211 Å². The van der Waals surface area contributed by atoms with Gasteiger partial charge in [-0.15, -0.1) is 0 Å². The number of alkyl carbamates (subject to hydrolysis) is 1. The molecule has 7 heteroatoms. The number of hydrogen-bond donors (Lipinski definition) is 1. The van der Waals surface area contributed by atoms with Crippen LogP contribution in [0.1, 0.15) is 23.1 Å². The van der Waals surface area contributed by atoms with Gasteiger partial charge in [0.25, 0.3) is 0 Å². The lowest BCUT2D eigenvalue weighted by molar-refractivity contribution is -0.133. The summed E-state index contributed by atoms with van der Waals surface area (Å²) in [5, 5.41) is 2.77. The van der Waals surface area contributed by atoms with E-state index < -0.39 is 12.1 Å². The van der Waals surface area contributed by atoms with Crippen LogP contribution >= 0.6 is 0 Å². The Morgan fingerprint density at radius 3 is 2.39 bits per heavy atom. The van der Waals surface area contributed by atoms with Crippen molar-refractivity contribution in [1.29, 1.82) is 0 Å². The number of hydrogen-bond acceptors (Lipinski definition) is 5. The van der Waals surface area contributed by atoms with Crippen molar-refractivity contribution in [1.82, 2.24) is 10.2 Å². The van der Waals surface area contributed by atoms with Crippen LogP contribution in [-0.2, 0) is 22.7 Å². The van der Waals surface area contributed by atoms with Crippen molar-refractivity contribution in [3.8, 4) is 11.5 Å². The van der Waals surface area contributed by atoms with Crippen molar-refractivity contribution >= 4 is 17.6 Å². The highest BCUT2D eigenvalue weighted by atomic mass is 16.5. The van der Waals surface area contributed by atoms with Crippen molar-refractivity contribution in [2.75, 3.05) is 20.8 Å². The molecule has 36 heavy (non-hydrogen) atoms. The summed E-state index contributed by atoms with van der Waals surface area (Å²) in [7, 11) is 3.18. The summed E-state index contributed by atoms with van der Waals surface area (Å²) in [5.41, 5.74) is 3.76. The van der Waals surface area contributed by atoms with Gasteiger partial charge in [0.15, 0.2) is 0 Å². The average molecular weight is 487 g/mol. The lowest BCUT2D eigenvalue weighted by Gasteiger charge is -2.27. The van der Waals surface area contributed by atoms with Gasteiger partial charge >= 0.3 is 6.09 Å². The van der Waals surface area contributed by atoms with Crippen LogP contribution in [0.15, 0.2) is 84.9 Å². The first kappa shape index (κ1) is 24.9. The summed E-state index contributed by atoms with van der Waals surface area (Å²) >= 11 is 0. The molecule has 1 N–H and O–H groups in total. The van der Waals surface area contributed by atoms with Gasteiger partial charge in [-0.1, -0.05) is 66.7 Å². The van der Waals surface area contributed by atoms with E-state index >= 15 is 0 Å². The number of carbonyl (C=O) groups is 2. The molecule has 2 amide bonds. The Bertz CT molecular complexity index is 1210. The van der Waals surface area contributed by atoms with Gasteiger partial charge in [0, 0.05) is 24.7 Å². The first-order chi connectivity index (χ1) is 17.6. The van der Waals surface area contributed by atoms with E-state index in [1.165, 1.54) is 0 Å². The molecular formula is C29H30N2O5. The maximum Gasteiger partial charge on any atom is 0.408 e. The van der Waals surface area contributed by atoms with E-state index in [2.05, 4.69) is 5.32 Å². The van der Waals surface area contributed by atoms with Gasteiger partial charge in [0.05, 0.1) is 14.2 Å². The largest absolute Gasteiger partial charge is 0.497 e. The number of amides is 2. The summed E-state index contributed by atoms with van der Waals surface area (Å²) in [5.74, 6) is 1.11. The van der Waals surface area contributed by atoms with Crippen molar-refractivity contribution in [3.63, 3.8) is 0 Å². The maximum atomic E-state index is 13.6. The standard InChI is InChI=1S/C29H30N2O5/c1-34-25-15-13-24(27(17-25)35-2)19-31-18-23(22-11-7-4-8-12-22)14-16-26(28(31)32)30-29(33)36-20-21-9-5-3-6-10-21/h3-15,17,26H,16,18-20H2,1-2H3,(H,30,33). The third-order valence-electron chi connectivity index (χ3n) is 6.08. The number of nitrogens with zero attached hydrogens (tertiary/aromatic N) is 1. The van der Waals surface area contributed by atoms with Crippen molar-refractivity contribution in [2.24, 2.45) is 0 Å². The molecule has 1 aliphatic heterocycles. The molecule has 186 valence electrons. The summed E-state index contributed by atoms with van der Waals surface area (Å²) in [6.07, 6.45) is 1.75. The third-order valence-corrected chi connectivity index (χ3v) is 6.08. The van der Waals surface area contributed by atoms with Crippen molar-refractivity contribution in [3.05, 3.63) is 102 Å². The van der Waals surface area contributed by atoms with Gasteiger partial charge in [0.1, 0.15) is 24.1 Å². The Hall–Kier alpha value is -4.26. The SMILES string of the molecule is COc1ccc(CN2CC(c3ccccc3)=CCC(NC(=O)OCc3ccccc3)C2=O)c(OC)c1. The van der Waals surface area contributed by atoms with Crippen LogP contribution in [0.25, 0.3) is 5.57 Å². The Morgan fingerprint density at radius 2 is 1.69 bits per heavy atom. The third kappa shape index (κ3) is 6.24. The fraction of sp³-hybridized carbons (Fsp3) is 0.241. The molecule has 0 saturated carbocycles. The number of carbonyl (C=O) groups excluding carboxylic acids is 2. The molecule has 7 nitrogen and oxygen atoms in total. The van der Waals surface area contributed by atoms with E-state index in [-0.39, 0.29) is 12.5 Å². The molecule has 1 heterocycles. The number of ether oxygens (including phenoxy) is 3. The molecule has 1 unspecified atom stereocenters. The molecule has 3 aromatic carbocycles. The lowest BCUT2D eigenvalue weighted by Crippen LogP contribution is -2.47.